The SMILES string of the molecule is COC(=O)N1C(=O)[C@@H]2[C@@H](CC(COc3ccccc3)=C3[C@@H](CC/C(=C/c4cc(C)c(O)c(C)c4)c4ccccn4)OC[C@@H]32)C1=O. The van der Waals surface area contributed by atoms with E-state index in [1.807, 2.05) is 74.5 Å². The summed E-state index contributed by atoms with van der Waals surface area (Å²) in [6.07, 6.45) is 4.12. The number of aromatic nitrogens is 1. The third-order valence-corrected chi connectivity index (χ3v) is 9.05. The Morgan fingerprint density at radius 3 is 2.47 bits per heavy atom. The maximum atomic E-state index is 13.5. The molecule has 9 nitrogen and oxygen atoms in total. The average molecular weight is 609 g/mol. The number of ether oxygens (including phenoxy) is 3. The van der Waals surface area contributed by atoms with E-state index in [9.17, 15) is 19.5 Å². The van der Waals surface area contributed by atoms with Crippen molar-refractivity contribution in [3.63, 3.8) is 0 Å². The van der Waals surface area contributed by atoms with E-state index in [1.54, 1.807) is 6.20 Å². The molecular formula is C36H36N2O7. The monoisotopic (exact) mass is 608 g/mol. The minimum atomic E-state index is -0.955. The molecule has 0 bridgehead atoms. The minimum Gasteiger partial charge on any atom is -0.507 e. The molecule has 9 heteroatoms. The summed E-state index contributed by atoms with van der Waals surface area (Å²) < 4.78 is 17.3. The highest BCUT2D eigenvalue weighted by atomic mass is 16.5. The lowest BCUT2D eigenvalue weighted by molar-refractivity contribution is -0.137. The number of phenolic OH excluding ortho intramolecular Hbond substituents is 1. The number of hydrogen-bond acceptors (Lipinski definition) is 8. The van der Waals surface area contributed by atoms with Crippen LogP contribution < -0.4 is 4.74 Å². The van der Waals surface area contributed by atoms with Gasteiger partial charge in [0.05, 0.1) is 37.4 Å². The number of nitrogens with zero attached hydrogens (tertiary/aromatic N) is 2. The van der Waals surface area contributed by atoms with Crippen LogP contribution >= 0.6 is 0 Å². The topological polar surface area (TPSA) is 115 Å². The van der Waals surface area contributed by atoms with Crippen molar-refractivity contribution in [3.8, 4) is 11.5 Å². The minimum absolute atomic E-state index is 0.244. The molecule has 2 saturated heterocycles. The number of allylic oxidation sites excluding steroid dienone is 1. The molecule has 1 N–H and O–H groups in total. The summed E-state index contributed by atoms with van der Waals surface area (Å²) in [5.74, 6) is -1.79. The van der Waals surface area contributed by atoms with Crippen LogP contribution in [0.5, 0.6) is 11.5 Å². The smallest absolute Gasteiger partial charge is 0.423 e. The molecule has 0 radical (unpaired) electrons. The van der Waals surface area contributed by atoms with Crippen molar-refractivity contribution in [1.29, 1.82) is 0 Å². The number of fused-ring (bicyclic) bond motifs is 3. The van der Waals surface area contributed by atoms with Crippen molar-refractivity contribution in [2.45, 2.75) is 39.2 Å². The van der Waals surface area contributed by atoms with E-state index in [0.29, 0.717) is 29.9 Å². The molecule has 4 atom stereocenters. The molecule has 3 amide bonds. The third kappa shape index (κ3) is 5.88. The Morgan fingerprint density at radius 2 is 1.78 bits per heavy atom. The van der Waals surface area contributed by atoms with Gasteiger partial charge in [0.2, 0.25) is 11.8 Å². The van der Waals surface area contributed by atoms with Gasteiger partial charge in [-0.1, -0.05) is 24.3 Å². The first-order chi connectivity index (χ1) is 21.8. The van der Waals surface area contributed by atoms with Crippen LogP contribution in [-0.4, -0.2) is 59.3 Å². The summed E-state index contributed by atoms with van der Waals surface area (Å²) in [6.45, 7) is 4.27. The molecule has 3 heterocycles. The van der Waals surface area contributed by atoms with Gasteiger partial charge in [0.25, 0.3) is 0 Å². The van der Waals surface area contributed by atoms with Gasteiger partial charge in [-0.25, -0.2) is 4.79 Å². The third-order valence-electron chi connectivity index (χ3n) is 9.05. The van der Waals surface area contributed by atoms with Crippen molar-refractivity contribution in [1.82, 2.24) is 9.88 Å². The number of imide groups is 3. The van der Waals surface area contributed by atoms with Gasteiger partial charge in [-0.3, -0.25) is 14.6 Å². The highest BCUT2D eigenvalue weighted by Crippen LogP contribution is 2.50. The highest BCUT2D eigenvalue weighted by molar-refractivity contribution is 6.16. The van der Waals surface area contributed by atoms with Crippen LogP contribution in [0.15, 0.2) is 78.0 Å². The van der Waals surface area contributed by atoms with Crippen LogP contribution in [0.25, 0.3) is 11.6 Å². The van der Waals surface area contributed by atoms with Crippen molar-refractivity contribution >= 4 is 29.6 Å². The quantitative estimate of drug-likeness (QED) is 0.249. The summed E-state index contributed by atoms with van der Waals surface area (Å²) in [5.41, 5.74) is 6.31. The molecule has 6 rings (SSSR count). The summed E-state index contributed by atoms with van der Waals surface area (Å²) >= 11 is 0. The first-order valence-corrected chi connectivity index (χ1v) is 15.2. The van der Waals surface area contributed by atoms with E-state index in [-0.39, 0.29) is 31.0 Å². The number of carbonyl (C=O) groups is 3. The largest absolute Gasteiger partial charge is 0.507 e. The van der Waals surface area contributed by atoms with Crippen LogP contribution in [0, 0.1) is 31.6 Å². The van der Waals surface area contributed by atoms with E-state index >= 15 is 0 Å². The fourth-order valence-corrected chi connectivity index (χ4v) is 6.95. The predicted molar refractivity (Wildman–Crippen MR) is 167 cm³/mol. The second-order valence-corrected chi connectivity index (χ2v) is 11.8. The summed E-state index contributed by atoms with van der Waals surface area (Å²) in [5, 5.41) is 10.3. The standard InChI is InChI=1S/C36H36N2O7/c1-21-15-23(16-22(2)33(21)39)17-24(29-11-7-8-14-37-29)12-13-30-31-25(19-44-26-9-5-4-6-10-26)18-27-32(28(31)20-45-30)35(41)38(34(27)40)36(42)43-3/h4-11,14-17,27-28,30,32,39H,12-13,18-20H2,1-3H3/b24-17-/t27-,28+,30-,32-/m1/s1. The lowest BCUT2D eigenvalue weighted by Crippen LogP contribution is -2.38. The molecule has 1 aromatic heterocycles. The fraction of sp³-hybridized carbons (Fsp3) is 0.333. The molecule has 2 aliphatic heterocycles. The maximum Gasteiger partial charge on any atom is 0.423 e. The Morgan fingerprint density at radius 1 is 1.04 bits per heavy atom. The number of hydrogen-bond donors (Lipinski definition) is 1. The zero-order valence-corrected chi connectivity index (χ0v) is 25.6. The zero-order chi connectivity index (χ0) is 31.7. The van der Waals surface area contributed by atoms with Crippen LogP contribution in [0.4, 0.5) is 4.79 Å². The summed E-state index contributed by atoms with van der Waals surface area (Å²) in [4.78, 5) is 44.5. The number of benzene rings is 2. The van der Waals surface area contributed by atoms with Gasteiger partial charge in [-0.2, -0.15) is 4.90 Å². The number of methoxy groups -OCH3 is 1. The van der Waals surface area contributed by atoms with Crippen molar-refractivity contribution < 1.29 is 33.7 Å². The molecule has 3 aliphatic rings. The van der Waals surface area contributed by atoms with E-state index in [0.717, 1.165) is 46.2 Å². The van der Waals surface area contributed by atoms with Gasteiger partial charge in [-0.05, 0) is 109 Å². The Kier molecular flexibility index (Phi) is 8.54. The number of amides is 3. The van der Waals surface area contributed by atoms with Crippen LogP contribution in [0.1, 0.15) is 41.6 Å². The first-order valence-electron chi connectivity index (χ1n) is 15.2. The molecule has 0 spiro atoms. The van der Waals surface area contributed by atoms with Gasteiger partial charge in [0, 0.05) is 12.1 Å². The molecular weight excluding hydrogens is 572 g/mol. The lowest BCUT2D eigenvalue weighted by atomic mass is 9.69. The number of aromatic hydroxyl groups is 1. The Labute approximate surface area is 262 Å². The molecule has 2 fully saturated rings. The molecule has 0 saturated carbocycles. The molecule has 2 aromatic carbocycles. The van der Waals surface area contributed by atoms with E-state index in [4.69, 9.17) is 14.2 Å². The Bertz CT molecular complexity index is 1660. The normalized spacial score (nSPS) is 22.8. The maximum absolute atomic E-state index is 13.5. The molecule has 1 aliphatic carbocycles. The van der Waals surface area contributed by atoms with Crippen molar-refractivity contribution in [3.05, 3.63) is 100 Å². The van der Waals surface area contributed by atoms with Gasteiger partial charge >= 0.3 is 6.09 Å². The first kappa shape index (κ1) is 30.3. The zero-order valence-electron chi connectivity index (χ0n) is 25.6. The van der Waals surface area contributed by atoms with Gasteiger partial charge in [-0.15, -0.1) is 0 Å². The number of pyridine rings is 1. The van der Waals surface area contributed by atoms with Crippen LogP contribution in [-0.2, 0) is 19.1 Å². The van der Waals surface area contributed by atoms with Gasteiger partial charge in [0.1, 0.15) is 18.1 Å². The van der Waals surface area contributed by atoms with Crippen LogP contribution in [0.2, 0.25) is 0 Å². The Balaban J connectivity index is 1.32. The second-order valence-electron chi connectivity index (χ2n) is 11.8. The number of likely N-dealkylation sites (tertiary alicyclic amines) is 1. The molecule has 45 heavy (non-hydrogen) atoms. The van der Waals surface area contributed by atoms with E-state index in [2.05, 4.69) is 11.1 Å². The van der Waals surface area contributed by atoms with Crippen molar-refractivity contribution in [2.75, 3.05) is 20.3 Å². The average Bonchev–Trinajstić information content (AvgIpc) is 3.59. The van der Waals surface area contributed by atoms with Crippen LogP contribution in [0.3, 0.4) is 0 Å². The molecule has 3 aromatic rings. The summed E-state index contributed by atoms with van der Waals surface area (Å²) in [6, 6.07) is 19.1. The van der Waals surface area contributed by atoms with Crippen molar-refractivity contribution in [2.24, 2.45) is 17.8 Å². The van der Waals surface area contributed by atoms with Gasteiger partial charge in [0.15, 0.2) is 0 Å². The molecule has 232 valence electrons. The predicted octanol–water partition coefficient (Wildman–Crippen LogP) is 5.89. The number of rotatable bonds is 8. The number of para-hydroxylation sites is 1. The van der Waals surface area contributed by atoms with E-state index in [1.165, 1.54) is 0 Å². The number of aryl methyl sites for hydroxylation is 2. The van der Waals surface area contributed by atoms with Gasteiger partial charge < -0.3 is 19.3 Å². The number of carbonyl (C=O) groups excluding carboxylic acids is 3. The second kappa shape index (κ2) is 12.7. The Hall–Kier alpha value is -4.76. The molecule has 0 unspecified atom stereocenters. The lowest BCUT2D eigenvalue weighted by Gasteiger charge is -2.31. The summed E-state index contributed by atoms with van der Waals surface area (Å²) in [7, 11) is 1.16. The fourth-order valence-electron chi connectivity index (χ4n) is 6.95. The highest BCUT2D eigenvalue weighted by Gasteiger charge is 2.59. The van der Waals surface area contributed by atoms with E-state index < -0.39 is 29.7 Å². The number of phenols is 1.